The largest absolute Gasteiger partial charge is 0.438 e. The zero-order chi connectivity index (χ0) is 14.0. The Morgan fingerprint density at radius 1 is 1.26 bits per heavy atom. The Morgan fingerprint density at radius 2 is 2.00 bits per heavy atom. The van der Waals surface area contributed by atoms with Crippen LogP contribution in [0.1, 0.15) is 30.9 Å². The SMILES string of the molecule is Cc1ccc(C(C)C)c(Oc2ncc(N)cc2Br)c1. The number of halogens is 1. The van der Waals surface area contributed by atoms with Crippen LogP contribution in [0.3, 0.4) is 0 Å². The van der Waals surface area contributed by atoms with Crippen molar-refractivity contribution in [3.63, 3.8) is 0 Å². The monoisotopic (exact) mass is 320 g/mol. The van der Waals surface area contributed by atoms with Crippen molar-refractivity contribution in [2.24, 2.45) is 0 Å². The Bertz CT molecular complexity index is 597. The normalized spacial score (nSPS) is 10.8. The Labute approximate surface area is 121 Å². The molecule has 100 valence electrons. The highest BCUT2D eigenvalue weighted by atomic mass is 79.9. The number of nitrogens with zero attached hydrogens (tertiary/aromatic N) is 1. The Hall–Kier alpha value is -1.55. The molecule has 0 fully saturated rings. The fourth-order valence-corrected chi connectivity index (χ4v) is 2.27. The summed E-state index contributed by atoms with van der Waals surface area (Å²) in [7, 11) is 0. The molecule has 0 aliphatic rings. The van der Waals surface area contributed by atoms with Crippen LogP contribution in [-0.2, 0) is 0 Å². The molecule has 1 heterocycles. The summed E-state index contributed by atoms with van der Waals surface area (Å²) in [5.41, 5.74) is 8.60. The van der Waals surface area contributed by atoms with Crippen LogP contribution < -0.4 is 10.5 Å². The van der Waals surface area contributed by atoms with Gasteiger partial charge in [0.05, 0.1) is 16.4 Å². The number of nitrogens with two attached hydrogens (primary N) is 1. The number of hydrogen-bond donors (Lipinski definition) is 1. The molecule has 0 unspecified atom stereocenters. The van der Waals surface area contributed by atoms with E-state index in [2.05, 4.69) is 46.9 Å². The van der Waals surface area contributed by atoms with E-state index in [0.717, 1.165) is 21.3 Å². The zero-order valence-electron chi connectivity index (χ0n) is 11.3. The molecule has 1 aromatic carbocycles. The third-order valence-corrected chi connectivity index (χ3v) is 3.39. The minimum atomic E-state index is 0.392. The lowest BCUT2D eigenvalue weighted by molar-refractivity contribution is 0.451. The van der Waals surface area contributed by atoms with Crippen LogP contribution in [-0.4, -0.2) is 4.98 Å². The second-order valence-corrected chi connectivity index (χ2v) is 5.71. The molecule has 0 saturated carbocycles. The van der Waals surface area contributed by atoms with Crippen molar-refractivity contribution in [2.75, 3.05) is 5.73 Å². The van der Waals surface area contributed by atoms with Crippen molar-refractivity contribution in [3.05, 3.63) is 46.1 Å². The van der Waals surface area contributed by atoms with Crippen LogP contribution in [0.4, 0.5) is 5.69 Å². The molecule has 0 spiro atoms. The first-order valence-corrected chi connectivity index (χ1v) is 6.96. The standard InChI is InChI=1S/C15H17BrN2O/c1-9(2)12-5-4-10(3)6-14(12)19-15-13(16)7-11(17)8-18-15/h4-9H,17H2,1-3H3. The molecule has 3 nitrogen and oxygen atoms in total. The topological polar surface area (TPSA) is 48.1 Å². The fraction of sp³-hybridized carbons (Fsp3) is 0.267. The van der Waals surface area contributed by atoms with Crippen LogP contribution in [0.15, 0.2) is 34.9 Å². The van der Waals surface area contributed by atoms with Gasteiger partial charge in [-0.15, -0.1) is 0 Å². The van der Waals surface area contributed by atoms with Crippen molar-refractivity contribution >= 4 is 21.6 Å². The first-order chi connectivity index (χ1) is 8.97. The van der Waals surface area contributed by atoms with E-state index in [1.165, 1.54) is 0 Å². The van der Waals surface area contributed by atoms with Gasteiger partial charge in [-0.2, -0.15) is 0 Å². The predicted octanol–water partition coefficient (Wildman–Crippen LogP) is 4.65. The van der Waals surface area contributed by atoms with E-state index in [0.29, 0.717) is 17.5 Å². The van der Waals surface area contributed by atoms with Gasteiger partial charge in [-0.25, -0.2) is 4.98 Å². The summed E-state index contributed by atoms with van der Waals surface area (Å²) >= 11 is 3.42. The van der Waals surface area contributed by atoms with E-state index < -0.39 is 0 Å². The number of ether oxygens (including phenoxy) is 1. The van der Waals surface area contributed by atoms with Crippen LogP contribution in [0.5, 0.6) is 11.6 Å². The fourth-order valence-electron chi connectivity index (χ4n) is 1.83. The van der Waals surface area contributed by atoms with Gasteiger partial charge in [0.2, 0.25) is 5.88 Å². The van der Waals surface area contributed by atoms with Gasteiger partial charge >= 0.3 is 0 Å². The van der Waals surface area contributed by atoms with Crippen molar-refractivity contribution in [2.45, 2.75) is 26.7 Å². The van der Waals surface area contributed by atoms with Gasteiger partial charge < -0.3 is 10.5 Å². The molecule has 0 aliphatic heterocycles. The molecule has 2 rings (SSSR count). The second kappa shape index (κ2) is 5.61. The molecule has 19 heavy (non-hydrogen) atoms. The maximum atomic E-state index is 5.92. The molecule has 4 heteroatoms. The summed E-state index contributed by atoms with van der Waals surface area (Å²) in [6.45, 7) is 6.33. The van der Waals surface area contributed by atoms with Crippen molar-refractivity contribution in [1.82, 2.24) is 4.98 Å². The summed E-state index contributed by atoms with van der Waals surface area (Å²) in [6, 6.07) is 8.00. The minimum absolute atomic E-state index is 0.392. The van der Waals surface area contributed by atoms with E-state index in [4.69, 9.17) is 10.5 Å². The Balaban J connectivity index is 2.39. The average molecular weight is 321 g/mol. The molecule has 0 saturated heterocycles. The summed E-state index contributed by atoms with van der Waals surface area (Å²) in [4.78, 5) is 4.21. The van der Waals surface area contributed by atoms with E-state index in [1.807, 2.05) is 13.0 Å². The number of aryl methyl sites for hydroxylation is 1. The highest BCUT2D eigenvalue weighted by Crippen LogP contribution is 2.34. The molecule has 0 bridgehead atoms. The average Bonchev–Trinajstić information content (AvgIpc) is 2.32. The summed E-state index contributed by atoms with van der Waals surface area (Å²) < 4.78 is 6.68. The highest BCUT2D eigenvalue weighted by molar-refractivity contribution is 9.10. The maximum Gasteiger partial charge on any atom is 0.233 e. The molecule has 2 N–H and O–H groups in total. The lowest BCUT2D eigenvalue weighted by Gasteiger charge is -2.14. The van der Waals surface area contributed by atoms with Crippen LogP contribution in [0, 0.1) is 6.92 Å². The minimum Gasteiger partial charge on any atom is -0.438 e. The van der Waals surface area contributed by atoms with Crippen molar-refractivity contribution in [1.29, 1.82) is 0 Å². The smallest absolute Gasteiger partial charge is 0.233 e. The summed E-state index contributed by atoms with van der Waals surface area (Å²) in [5.74, 6) is 1.76. The predicted molar refractivity (Wildman–Crippen MR) is 81.7 cm³/mol. The molecule has 1 aromatic heterocycles. The van der Waals surface area contributed by atoms with Gasteiger partial charge in [-0.05, 0) is 52.0 Å². The first kappa shape index (κ1) is 13.9. The van der Waals surface area contributed by atoms with E-state index in [-0.39, 0.29) is 0 Å². The van der Waals surface area contributed by atoms with Crippen molar-refractivity contribution in [3.8, 4) is 11.6 Å². The van der Waals surface area contributed by atoms with E-state index in [1.54, 1.807) is 12.3 Å². The zero-order valence-corrected chi connectivity index (χ0v) is 12.9. The third kappa shape index (κ3) is 3.26. The number of hydrogen-bond acceptors (Lipinski definition) is 3. The highest BCUT2D eigenvalue weighted by Gasteiger charge is 2.11. The van der Waals surface area contributed by atoms with Gasteiger partial charge in [0.15, 0.2) is 0 Å². The lowest BCUT2D eigenvalue weighted by atomic mass is 10.0. The molecule has 0 atom stereocenters. The van der Waals surface area contributed by atoms with Crippen LogP contribution in [0.25, 0.3) is 0 Å². The molecule has 0 amide bonds. The van der Waals surface area contributed by atoms with Gasteiger partial charge in [0.25, 0.3) is 0 Å². The first-order valence-electron chi connectivity index (χ1n) is 6.17. The third-order valence-electron chi connectivity index (χ3n) is 2.83. The van der Waals surface area contributed by atoms with E-state index in [9.17, 15) is 0 Å². The van der Waals surface area contributed by atoms with E-state index >= 15 is 0 Å². The molecule has 0 aliphatic carbocycles. The Kier molecular flexibility index (Phi) is 4.10. The van der Waals surface area contributed by atoms with Crippen molar-refractivity contribution < 1.29 is 4.74 Å². The van der Waals surface area contributed by atoms with Gasteiger partial charge in [-0.3, -0.25) is 0 Å². The number of aromatic nitrogens is 1. The number of anilines is 1. The van der Waals surface area contributed by atoms with Crippen LogP contribution in [0.2, 0.25) is 0 Å². The maximum absolute atomic E-state index is 5.92. The number of rotatable bonds is 3. The summed E-state index contributed by atoms with van der Waals surface area (Å²) in [5, 5.41) is 0. The summed E-state index contributed by atoms with van der Waals surface area (Å²) in [6.07, 6.45) is 1.59. The number of nitrogen functional groups attached to an aromatic ring is 1. The molecule has 0 radical (unpaired) electrons. The molecular weight excluding hydrogens is 304 g/mol. The molecular formula is C15H17BrN2O. The lowest BCUT2D eigenvalue weighted by Crippen LogP contribution is -1.97. The van der Waals surface area contributed by atoms with Gasteiger partial charge in [0, 0.05) is 0 Å². The second-order valence-electron chi connectivity index (χ2n) is 4.85. The molecule has 2 aromatic rings. The Morgan fingerprint density at radius 3 is 2.63 bits per heavy atom. The quantitative estimate of drug-likeness (QED) is 0.895. The number of pyridine rings is 1. The number of benzene rings is 1. The van der Waals surface area contributed by atoms with Gasteiger partial charge in [-0.1, -0.05) is 26.0 Å². The van der Waals surface area contributed by atoms with Gasteiger partial charge in [0.1, 0.15) is 5.75 Å². The van der Waals surface area contributed by atoms with Crippen LogP contribution >= 0.6 is 15.9 Å².